The summed E-state index contributed by atoms with van der Waals surface area (Å²) in [4.78, 5) is 24.8. The zero-order valence-electron chi connectivity index (χ0n) is 18.4. The molecule has 0 aliphatic heterocycles. The Morgan fingerprint density at radius 2 is 1.82 bits per heavy atom. The molecule has 1 aliphatic rings. The quantitative estimate of drug-likeness (QED) is 0.460. The minimum atomic E-state index is -1.20. The number of ether oxygens (including phenoxy) is 1. The third-order valence-electron chi connectivity index (χ3n) is 5.78. The van der Waals surface area contributed by atoms with Crippen molar-refractivity contribution in [2.45, 2.75) is 45.1 Å². The van der Waals surface area contributed by atoms with Crippen molar-refractivity contribution in [3.63, 3.8) is 0 Å². The van der Waals surface area contributed by atoms with E-state index < -0.39 is 17.2 Å². The van der Waals surface area contributed by atoms with Crippen LogP contribution in [0.1, 0.15) is 35.2 Å². The van der Waals surface area contributed by atoms with Crippen molar-refractivity contribution in [3.05, 3.63) is 97.4 Å². The van der Waals surface area contributed by atoms with E-state index in [-0.39, 0.29) is 33.9 Å². The fraction of sp³-hybridized carbons (Fsp3) is 0.280. The van der Waals surface area contributed by atoms with E-state index in [1.807, 2.05) is 24.3 Å². The molecule has 1 aromatic heterocycles. The Kier molecular flexibility index (Phi) is 6.86. The average molecular weight is 533 g/mol. The maximum Gasteiger partial charge on any atom is 0.269 e. The van der Waals surface area contributed by atoms with E-state index in [9.17, 15) is 23.5 Å². The molecule has 2 aromatic carbocycles. The Morgan fingerprint density at radius 3 is 2.47 bits per heavy atom. The van der Waals surface area contributed by atoms with Crippen LogP contribution in [0.4, 0.5) is 8.78 Å². The lowest BCUT2D eigenvalue weighted by molar-refractivity contribution is -0.131. The highest BCUT2D eigenvalue weighted by Gasteiger charge is 2.47. The molecule has 1 saturated carbocycles. The standard InChI is InChI=1S/C25H23BrF2N2O4/c1-15-10-21(34-14-18-6-7-19(27)11-20(18)28)22(26)23(31)30(15)13-17-4-2-16(3-5-17)12-29-24(32)25(33)8-9-25/h2-7,10-11,33H,8-9,12-14H2,1H3,(H,29,32). The van der Waals surface area contributed by atoms with Crippen molar-refractivity contribution < 1.29 is 23.4 Å². The van der Waals surface area contributed by atoms with Gasteiger partial charge < -0.3 is 19.7 Å². The molecular formula is C25H23BrF2N2O4. The first-order valence-electron chi connectivity index (χ1n) is 10.7. The van der Waals surface area contributed by atoms with Crippen molar-refractivity contribution >= 4 is 21.8 Å². The van der Waals surface area contributed by atoms with Crippen LogP contribution in [0.15, 0.2) is 57.8 Å². The maximum absolute atomic E-state index is 13.9. The summed E-state index contributed by atoms with van der Waals surface area (Å²) in [5.74, 6) is -1.47. The van der Waals surface area contributed by atoms with Crippen LogP contribution in [0.2, 0.25) is 0 Å². The molecular weight excluding hydrogens is 510 g/mol. The summed E-state index contributed by atoms with van der Waals surface area (Å²) in [5.41, 5.74) is 1.09. The molecule has 0 atom stereocenters. The van der Waals surface area contributed by atoms with Crippen molar-refractivity contribution in [2.75, 3.05) is 0 Å². The molecule has 0 unspecified atom stereocenters. The zero-order valence-corrected chi connectivity index (χ0v) is 20.0. The Balaban J connectivity index is 1.42. The topological polar surface area (TPSA) is 80.6 Å². The highest BCUT2D eigenvalue weighted by Crippen LogP contribution is 2.35. The van der Waals surface area contributed by atoms with E-state index in [0.717, 1.165) is 23.3 Å². The number of hydrogen-bond acceptors (Lipinski definition) is 4. The monoisotopic (exact) mass is 532 g/mol. The third-order valence-corrected chi connectivity index (χ3v) is 6.51. The predicted octanol–water partition coefficient (Wildman–Crippen LogP) is 3.97. The molecule has 1 heterocycles. The van der Waals surface area contributed by atoms with E-state index in [1.54, 1.807) is 17.6 Å². The number of hydrogen-bond donors (Lipinski definition) is 2. The fourth-order valence-electron chi connectivity index (χ4n) is 3.45. The summed E-state index contributed by atoms with van der Waals surface area (Å²) < 4.78 is 34.4. The summed E-state index contributed by atoms with van der Waals surface area (Å²) in [5, 5.41) is 12.5. The van der Waals surface area contributed by atoms with Crippen LogP contribution in [-0.4, -0.2) is 21.2 Å². The number of carbonyl (C=O) groups is 1. The van der Waals surface area contributed by atoms with Crippen LogP contribution in [0.3, 0.4) is 0 Å². The fourth-order valence-corrected chi connectivity index (χ4v) is 3.89. The molecule has 0 saturated heterocycles. The first-order valence-corrected chi connectivity index (χ1v) is 11.5. The number of aromatic nitrogens is 1. The molecule has 34 heavy (non-hydrogen) atoms. The summed E-state index contributed by atoms with van der Waals surface area (Å²) in [7, 11) is 0. The van der Waals surface area contributed by atoms with Crippen molar-refractivity contribution in [3.8, 4) is 5.75 Å². The normalized spacial score (nSPS) is 14.0. The van der Waals surface area contributed by atoms with Crippen molar-refractivity contribution in [1.29, 1.82) is 0 Å². The van der Waals surface area contributed by atoms with Gasteiger partial charge in [0.2, 0.25) is 0 Å². The van der Waals surface area contributed by atoms with Gasteiger partial charge in [-0.05, 0) is 59.0 Å². The highest BCUT2D eigenvalue weighted by molar-refractivity contribution is 9.10. The van der Waals surface area contributed by atoms with Gasteiger partial charge in [0.15, 0.2) is 0 Å². The van der Waals surface area contributed by atoms with E-state index in [0.29, 0.717) is 31.6 Å². The van der Waals surface area contributed by atoms with Gasteiger partial charge in [0, 0.05) is 29.9 Å². The van der Waals surface area contributed by atoms with Gasteiger partial charge in [-0.15, -0.1) is 0 Å². The average Bonchev–Trinajstić information content (AvgIpc) is 3.57. The Bertz CT molecular complexity index is 1290. The molecule has 178 valence electrons. The van der Waals surface area contributed by atoms with Crippen LogP contribution in [0.25, 0.3) is 0 Å². The highest BCUT2D eigenvalue weighted by atomic mass is 79.9. The van der Waals surface area contributed by atoms with E-state index >= 15 is 0 Å². The van der Waals surface area contributed by atoms with Crippen molar-refractivity contribution in [2.24, 2.45) is 0 Å². The second-order valence-corrected chi connectivity index (χ2v) is 9.20. The van der Waals surface area contributed by atoms with E-state index in [2.05, 4.69) is 21.2 Å². The van der Waals surface area contributed by atoms with Crippen LogP contribution in [0.5, 0.6) is 5.75 Å². The molecule has 0 spiro atoms. The molecule has 4 rings (SSSR count). The first kappa shape index (κ1) is 24.1. The van der Waals surface area contributed by atoms with E-state index in [4.69, 9.17) is 4.74 Å². The van der Waals surface area contributed by atoms with E-state index in [1.165, 1.54) is 6.07 Å². The number of halogens is 3. The lowest BCUT2D eigenvalue weighted by atomic mass is 10.1. The molecule has 3 aromatic rings. The first-order chi connectivity index (χ1) is 16.2. The number of amides is 1. The minimum Gasteiger partial charge on any atom is -0.487 e. The number of aliphatic hydroxyl groups is 1. The third kappa shape index (κ3) is 5.37. The van der Waals surface area contributed by atoms with Gasteiger partial charge in [0.25, 0.3) is 11.5 Å². The van der Waals surface area contributed by atoms with Crippen LogP contribution >= 0.6 is 15.9 Å². The summed E-state index contributed by atoms with van der Waals surface area (Å²) in [6.07, 6.45) is 0.989. The number of aryl methyl sites for hydroxylation is 1. The van der Waals surface area contributed by atoms with Gasteiger partial charge in [-0.25, -0.2) is 8.78 Å². The lowest BCUT2D eigenvalue weighted by Gasteiger charge is -2.15. The van der Waals surface area contributed by atoms with Gasteiger partial charge in [-0.1, -0.05) is 24.3 Å². The number of pyridine rings is 1. The second kappa shape index (κ2) is 9.68. The number of nitrogens with one attached hydrogen (secondary N) is 1. The summed E-state index contributed by atoms with van der Waals surface area (Å²) in [6.45, 7) is 2.25. The van der Waals surface area contributed by atoms with Gasteiger partial charge in [0.1, 0.15) is 34.1 Å². The number of nitrogens with zero attached hydrogens (tertiary/aromatic N) is 1. The molecule has 6 nitrogen and oxygen atoms in total. The van der Waals surface area contributed by atoms with Crippen LogP contribution in [-0.2, 0) is 24.5 Å². The van der Waals surface area contributed by atoms with Gasteiger partial charge in [0.05, 0.1) is 6.54 Å². The Morgan fingerprint density at radius 1 is 1.15 bits per heavy atom. The minimum absolute atomic E-state index is 0.150. The van der Waals surface area contributed by atoms with Crippen LogP contribution in [0, 0.1) is 18.6 Å². The maximum atomic E-state index is 13.9. The Labute approximate surface area is 203 Å². The molecule has 1 aliphatic carbocycles. The second-order valence-electron chi connectivity index (χ2n) is 8.41. The summed E-state index contributed by atoms with van der Waals surface area (Å²) in [6, 6.07) is 12.4. The van der Waals surface area contributed by atoms with Crippen molar-refractivity contribution in [1.82, 2.24) is 9.88 Å². The predicted molar refractivity (Wildman–Crippen MR) is 125 cm³/mol. The SMILES string of the molecule is Cc1cc(OCc2ccc(F)cc2F)c(Br)c(=O)n1Cc1ccc(CNC(=O)C2(O)CC2)cc1. The molecule has 0 radical (unpaired) electrons. The molecule has 2 N–H and O–H groups in total. The lowest BCUT2D eigenvalue weighted by Crippen LogP contribution is -2.35. The number of rotatable bonds is 8. The number of benzene rings is 2. The molecule has 1 fully saturated rings. The molecule has 9 heteroatoms. The molecule has 1 amide bonds. The smallest absolute Gasteiger partial charge is 0.269 e. The van der Waals surface area contributed by atoms with Gasteiger partial charge >= 0.3 is 0 Å². The summed E-state index contributed by atoms with van der Waals surface area (Å²) >= 11 is 3.28. The largest absolute Gasteiger partial charge is 0.487 e. The Hall–Kier alpha value is -3.04. The van der Waals surface area contributed by atoms with Gasteiger partial charge in [-0.2, -0.15) is 0 Å². The van der Waals surface area contributed by atoms with Crippen LogP contribution < -0.4 is 15.6 Å². The van der Waals surface area contributed by atoms with Gasteiger partial charge in [-0.3, -0.25) is 9.59 Å². The molecule has 0 bridgehead atoms. The number of carbonyl (C=O) groups excluding carboxylic acids is 1. The zero-order chi connectivity index (χ0) is 24.5.